The highest BCUT2D eigenvalue weighted by molar-refractivity contribution is 8.01. The molecule has 0 amide bonds. The number of nitrogens with one attached hydrogen (secondary N) is 1. The van der Waals surface area contributed by atoms with Gasteiger partial charge in [0.1, 0.15) is 0 Å². The smallest absolute Gasteiger partial charge is 0.167 e. The molecule has 0 aromatic carbocycles. The number of thioether (sulfide) groups is 1. The first kappa shape index (κ1) is 13.1. The van der Waals surface area contributed by atoms with Gasteiger partial charge in [0.15, 0.2) is 16.3 Å². The van der Waals surface area contributed by atoms with Crippen molar-refractivity contribution in [2.24, 2.45) is 12.1 Å². The number of hydrogen-bond donors (Lipinski definition) is 1. The number of carbonyl (C=O) groups is 1. The first-order valence-electron chi connectivity index (χ1n) is 5.49. The van der Waals surface area contributed by atoms with Gasteiger partial charge < -0.3 is 9.99 Å². The molecule has 2 aromatic heterocycles. The van der Waals surface area contributed by atoms with Crippen molar-refractivity contribution < 1.29 is 4.79 Å². The van der Waals surface area contributed by atoms with E-state index < -0.39 is 0 Å². The van der Waals surface area contributed by atoms with Gasteiger partial charge in [0, 0.05) is 19.7 Å². The summed E-state index contributed by atoms with van der Waals surface area (Å²) in [7, 11) is 3.57. The predicted molar refractivity (Wildman–Crippen MR) is 77.0 cm³/mol. The third-order valence-electron chi connectivity index (χ3n) is 2.49. The summed E-state index contributed by atoms with van der Waals surface area (Å²) in [5, 5.41) is 3.99. The molecule has 0 aliphatic carbocycles. The van der Waals surface area contributed by atoms with Crippen LogP contribution < -0.4 is 5.43 Å². The Morgan fingerprint density at radius 1 is 1.61 bits per heavy atom. The van der Waals surface area contributed by atoms with Gasteiger partial charge in [-0.2, -0.15) is 5.10 Å². The molecular weight excluding hydrogens is 268 g/mol. The number of hydrazone groups is 1. The molecule has 0 spiro atoms. The van der Waals surface area contributed by atoms with Gasteiger partial charge in [-0.1, -0.05) is 18.7 Å². The number of carbonyl (C=O) groups excluding carboxylic acids is 1. The van der Waals surface area contributed by atoms with Crippen molar-refractivity contribution in [1.82, 2.24) is 15.0 Å². The highest BCUT2D eigenvalue weighted by Crippen LogP contribution is 2.33. The molecule has 18 heavy (non-hydrogen) atoms. The Hall–Kier alpha value is -1.34. The van der Waals surface area contributed by atoms with Crippen LogP contribution in [0, 0.1) is 0 Å². The van der Waals surface area contributed by atoms with Crippen molar-refractivity contribution in [3.63, 3.8) is 0 Å². The Bertz CT molecular complexity index is 600. The minimum absolute atomic E-state index is 0.607. The summed E-state index contributed by atoms with van der Waals surface area (Å²) in [6, 6.07) is 0. The van der Waals surface area contributed by atoms with Crippen molar-refractivity contribution in [2.45, 2.75) is 11.3 Å². The summed E-state index contributed by atoms with van der Waals surface area (Å²) >= 11 is 3.31. The normalized spacial score (nSPS) is 11.5. The van der Waals surface area contributed by atoms with E-state index in [4.69, 9.17) is 0 Å². The van der Waals surface area contributed by atoms with E-state index in [1.807, 2.05) is 11.6 Å². The van der Waals surface area contributed by atoms with Crippen LogP contribution in [0.15, 0.2) is 9.44 Å². The van der Waals surface area contributed by atoms with Crippen LogP contribution in [-0.2, 0) is 7.05 Å². The minimum Gasteiger partial charge on any atom is -0.325 e. The van der Waals surface area contributed by atoms with Crippen molar-refractivity contribution >= 4 is 45.9 Å². The monoisotopic (exact) mass is 282 g/mol. The zero-order chi connectivity index (χ0) is 13.1. The van der Waals surface area contributed by atoms with Crippen LogP contribution in [0.2, 0.25) is 0 Å². The second kappa shape index (κ2) is 5.53. The maximum absolute atomic E-state index is 11.2. The SMILES string of the molecule is CCSc1nc2c(s1)c(/C=N\NC)c(C=O)n2C. The molecule has 2 rings (SSSR count). The van der Waals surface area contributed by atoms with E-state index in [2.05, 4.69) is 22.4 Å². The molecule has 0 radical (unpaired) electrons. The van der Waals surface area contributed by atoms with Gasteiger partial charge in [0.05, 0.1) is 16.6 Å². The highest BCUT2D eigenvalue weighted by Gasteiger charge is 2.17. The van der Waals surface area contributed by atoms with Crippen LogP contribution in [-0.4, -0.2) is 34.9 Å². The lowest BCUT2D eigenvalue weighted by atomic mass is 10.3. The third kappa shape index (κ3) is 2.15. The fraction of sp³-hybridized carbons (Fsp3) is 0.364. The van der Waals surface area contributed by atoms with Gasteiger partial charge in [-0.3, -0.25) is 4.79 Å². The zero-order valence-corrected chi connectivity index (χ0v) is 12.1. The lowest BCUT2D eigenvalue weighted by Crippen LogP contribution is -2.00. The number of rotatable bonds is 5. The average Bonchev–Trinajstić information content (AvgIpc) is 2.86. The van der Waals surface area contributed by atoms with Crippen LogP contribution in [0.4, 0.5) is 0 Å². The molecule has 2 heterocycles. The molecule has 0 saturated heterocycles. The molecule has 1 N–H and O–H groups in total. The molecule has 0 aliphatic heterocycles. The fourth-order valence-electron chi connectivity index (χ4n) is 1.69. The van der Waals surface area contributed by atoms with E-state index in [0.29, 0.717) is 5.69 Å². The number of aldehydes is 1. The topological polar surface area (TPSA) is 59.3 Å². The molecular formula is C11H14N4OS2. The molecule has 0 atom stereocenters. The number of hydrogen-bond acceptors (Lipinski definition) is 6. The summed E-state index contributed by atoms with van der Waals surface area (Å²) in [5.41, 5.74) is 4.98. The molecule has 2 aromatic rings. The van der Waals surface area contributed by atoms with Gasteiger partial charge in [-0.25, -0.2) is 4.98 Å². The Labute approximate surface area is 113 Å². The van der Waals surface area contributed by atoms with Crippen LogP contribution in [0.3, 0.4) is 0 Å². The molecule has 0 fully saturated rings. The average molecular weight is 282 g/mol. The van der Waals surface area contributed by atoms with Crippen LogP contribution in [0.1, 0.15) is 23.0 Å². The largest absolute Gasteiger partial charge is 0.325 e. The third-order valence-corrected chi connectivity index (χ3v) is 4.59. The van der Waals surface area contributed by atoms with Gasteiger partial charge >= 0.3 is 0 Å². The first-order valence-corrected chi connectivity index (χ1v) is 7.30. The molecule has 0 aliphatic rings. The van der Waals surface area contributed by atoms with Gasteiger partial charge in [0.25, 0.3) is 0 Å². The van der Waals surface area contributed by atoms with Gasteiger partial charge in [-0.15, -0.1) is 11.3 Å². The number of aryl methyl sites for hydroxylation is 1. The van der Waals surface area contributed by atoms with Crippen LogP contribution in [0.5, 0.6) is 0 Å². The Morgan fingerprint density at radius 3 is 3.00 bits per heavy atom. The van der Waals surface area contributed by atoms with Gasteiger partial charge in [0.2, 0.25) is 0 Å². The Kier molecular flexibility index (Phi) is 4.03. The van der Waals surface area contributed by atoms with E-state index in [1.165, 1.54) is 0 Å². The summed E-state index contributed by atoms with van der Waals surface area (Å²) in [5.74, 6) is 0.986. The molecule has 0 bridgehead atoms. The van der Waals surface area contributed by atoms with E-state index in [-0.39, 0.29) is 0 Å². The molecule has 0 saturated carbocycles. The molecule has 5 nitrogen and oxygen atoms in total. The lowest BCUT2D eigenvalue weighted by Gasteiger charge is -1.96. The maximum Gasteiger partial charge on any atom is 0.167 e. The number of thiazole rings is 1. The fourth-order valence-corrected chi connectivity index (χ4v) is 3.77. The van der Waals surface area contributed by atoms with Crippen molar-refractivity contribution in [3.05, 3.63) is 11.3 Å². The Balaban J connectivity index is 2.62. The second-order valence-corrected chi connectivity index (χ2v) is 6.03. The first-order chi connectivity index (χ1) is 8.72. The van der Waals surface area contributed by atoms with Crippen LogP contribution in [0.25, 0.3) is 10.3 Å². The van der Waals surface area contributed by atoms with E-state index in [1.54, 1.807) is 36.4 Å². The number of nitrogens with zero attached hydrogens (tertiary/aromatic N) is 3. The second-order valence-electron chi connectivity index (χ2n) is 3.52. The van der Waals surface area contributed by atoms with Gasteiger partial charge in [-0.05, 0) is 5.75 Å². The Morgan fingerprint density at radius 2 is 2.39 bits per heavy atom. The van der Waals surface area contributed by atoms with Crippen molar-refractivity contribution in [2.75, 3.05) is 12.8 Å². The van der Waals surface area contributed by atoms with Crippen LogP contribution >= 0.6 is 23.1 Å². The summed E-state index contributed by atoms with van der Waals surface area (Å²) < 4.78 is 3.85. The van der Waals surface area contributed by atoms with E-state index in [0.717, 1.165) is 32.3 Å². The van der Waals surface area contributed by atoms with Crippen molar-refractivity contribution in [1.29, 1.82) is 0 Å². The molecule has 0 unspecified atom stereocenters. The summed E-state index contributed by atoms with van der Waals surface area (Å²) in [4.78, 5) is 15.7. The maximum atomic E-state index is 11.2. The minimum atomic E-state index is 0.607. The highest BCUT2D eigenvalue weighted by atomic mass is 32.2. The standard InChI is InChI=1S/C11H14N4OS2/c1-4-17-11-14-10-9(18-11)7(5-13-12-2)8(6-16)15(10)3/h5-6,12H,4H2,1-3H3/b13-5-. The molecule has 7 heteroatoms. The number of fused-ring (bicyclic) bond motifs is 1. The summed E-state index contributed by atoms with van der Waals surface area (Å²) in [6.45, 7) is 2.09. The van der Waals surface area contributed by atoms with E-state index >= 15 is 0 Å². The van der Waals surface area contributed by atoms with E-state index in [9.17, 15) is 4.79 Å². The zero-order valence-electron chi connectivity index (χ0n) is 10.4. The lowest BCUT2D eigenvalue weighted by molar-refractivity contribution is 0.111. The summed E-state index contributed by atoms with van der Waals surface area (Å²) in [6.07, 6.45) is 2.52. The van der Waals surface area contributed by atoms with Crippen molar-refractivity contribution in [3.8, 4) is 0 Å². The molecule has 96 valence electrons. The predicted octanol–water partition coefficient (Wildman–Crippen LogP) is 2.11. The number of aromatic nitrogens is 2. The quantitative estimate of drug-likeness (QED) is 0.395.